The van der Waals surface area contributed by atoms with Crippen molar-refractivity contribution in [2.24, 2.45) is 16.8 Å². The molecule has 0 radical (unpaired) electrons. The standard InChI is InChI=1S/C11H17N3O2S/c12-9(8-5-6-8)7-14-10-3-1-2-4-11(10)17(13,15)16/h1-4,8-9,14H,5-7,12H2,(H2,13,15,16). The molecule has 1 fully saturated rings. The fourth-order valence-electron chi connectivity index (χ4n) is 1.78. The lowest BCUT2D eigenvalue weighted by atomic mass is 10.2. The van der Waals surface area contributed by atoms with Crippen LogP contribution in [0.3, 0.4) is 0 Å². The van der Waals surface area contributed by atoms with Crippen molar-refractivity contribution in [2.75, 3.05) is 11.9 Å². The Hall–Kier alpha value is -1.11. The molecule has 0 bridgehead atoms. The van der Waals surface area contributed by atoms with Gasteiger partial charge in [-0.15, -0.1) is 0 Å². The average Bonchev–Trinajstić information content (AvgIpc) is 3.08. The summed E-state index contributed by atoms with van der Waals surface area (Å²) in [5, 5.41) is 8.19. The molecule has 5 nitrogen and oxygen atoms in total. The van der Waals surface area contributed by atoms with Gasteiger partial charge < -0.3 is 11.1 Å². The van der Waals surface area contributed by atoms with Gasteiger partial charge in [-0.25, -0.2) is 13.6 Å². The molecule has 6 heteroatoms. The second kappa shape index (κ2) is 4.64. The second-order valence-electron chi connectivity index (χ2n) is 4.42. The Kier molecular flexibility index (Phi) is 3.37. The predicted octanol–water partition coefficient (Wildman–Crippen LogP) is 0.483. The zero-order chi connectivity index (χ0) is 12.5. The molecule has 0 aliphatic heterocycles. The minimum atomic E-state index is -3.69. The first-order chi connectivity index (χ1) is 7.98. The Balaban J connectivity index is 2.09. The van der Waals surface area contributed by atoms with Gasteiger partial charge in [0.25, 0.3) is 0 Å². The molecule has 0 heterocycles. The van der Waals surface area contributed by atoms with Gasteiger partial charge in [0, 0.05) is 12.6 Å². The van der Waals surface area contributed by atoms with Crippen molar-refractivity contribution in [3.63, 3.8) is 0 Å². The Bertz CT molecular complexity index is 497. The van der Waals surface area contributed by atoms with Gasteiger partial charge in [-0.1, -0.05) is 12.1 Å². The molecule has 0 spiro atoms. The third-order valence-corrected chi connectivity index (χ3v) is 3.92. The Morgan fingerprint density at radius 1 is 1.35 bits per heavy atom. The molecule has 1 atom stereocenters. The molecule has 94 valence electrons. The SMILES string of the molecule is NC(CNc1ccccc1S(N)(=O)=O)C1CC1. The number of primary sulfonamides is 1. The highest BCUT2D eigenvalue weighted by atomic mass is 32.2. The predicted molar refractivity (Wildman–Crippen MR) is 67.0 cm³/mol. The van der Waals surface area contributed by atoms with Gasteiger partial charge in [0.1, 0.15) is 4.90 Å². The molecule has 1 aliphatic carbocycles. The number of rotatable bonds is 5. The number of sulfonamides is 1. The van der Waals surface area contributed by atoms with Crippen molar-refractivity contribution < 1.29 is 8.42 Å². The smallest absolute Gasteiger partial charge is 0.240 e. The van der Waals surface area contributed by atoms with E-state index in [2.05, 4.69) is 5.32 Å². The number of anilines is 1. The summed E-state index contributed by atoms with van der Waals surface area (Å²) in [4.78, 5) is 0.114. The molecule has 0 aromatic heterocycles. The highest BCUT2D eigenvalue weighted by Crippen LogP contribution is 2.31. The Labute approximate surface area is 101 Å². The number of hydrogen-bond donors (Lipinski definition) is 3. The van der Waals surface area contributed by atoms with Crippen LogP contribution in [-0.2, 0) is 10.0 Å². The molecule has 1 aromatic carbocycles. The van der Waals surface area contributed by atoms with Crippen molar-refractivity contribution in [3.8, 4) is 0 Å². The van der Waals surface area contributed by atoms with Crippen LogP contribution < -0.4 is 16.2 Å². The summed E-state index contributed by atoms with van der Waals surface area (Å²) in [6.45, 7) is 0.567. The minimum Gasteiger partial charge on any atom is -0.382 e. The van der Waals surface area contributed by atoms with Gasteiger partial charge in [-0.3, -0.25) is 0 Å². The molecule has 0 saturated heterocycles. The fourth-order valence-corrected chi connectivity index (χ4v) is 2.49. The van der Waals surface area contributed by atoms with E-state index in [0.717, 1.165) is 0 Å². The van der Waals surface area contributed by atoms with Crippen molar-refractivity contribution in [3.05, 3.63) is 24.3 Å². The van der Waals surface area contributed by atoms with Crippen LogP contribution in [0.5, 0.6) is 0 Å². The first-order valence-corrected chi connectivity index (χ1v) is 7.14. The Morgan fingerprint density at radius 3 is 2.59 bits per heavy atom. The van der Waals surface area contributed by atoms with E-state index < -0.39 is 10.0 Å². The molecular weight excluding hydrogens is 238 g/mol. The summed E-state index contributed by atoms with van der Waals surface area (Å²) in [5.74, 6) is 0.573. The highest BCUT2D eigenvalue weighted by Gasteiger charge is 2.28. The third-order valence-electron chi connectivity index (χ3n) is 2.95. The monoisotopic (exact) mass is 255 g/mol. The van der Waals surface area contributed by atoms with Gasteiger partial charge in [0.05, 0.1) is 5.69 Å². The summed E-state index contributed by atoms with van der Waals surface area (Å²) in [6.07, 6.45) is 2.33. The maximum atomic E-state index is 11.4. The van der Waals surface area contributed by atoms with E-state index >= 15 is 0 Å². The first kappa shape index (κ1) is 12.3. The van der Waals surface area contributed by atoms with Gasteiger partial charge in [0.15, 0.2) is 0 Å². The van der Waals surface area contributed by atoms with Crippen molar-refractivity contribution >= 4 is 15.7 Å². The normalized spacial score (nSPS) is 17.8. The van der Waals surface area contributed by atoms with Crippen LogP contribution in [0.1, 0.15) is 12.8 Å². The first-order valence-electron chi connectivity index (χ1n) is 5.60. The minimum absolute atomic E-state index is 0.0727. The molecule has 17 heavy (non-hydrogen) atoms. The van der Waals surface area contributed by atoms with E-state index in [4.69, 9.17) is 10.9 Å². The highest BCUT2D eigenvalue weighted by molar-refractivity contribution is 7.89. The maximum Gasteiger partial charge on any atom is 0.240 e. The molecule has 1 saturated carbocycles. The van der Waals surface area contributed by atoms with Crippen LogP contribution in [0, 0.1) is 5.92 Å². The van der Waals surface area contributed by atoms with Crippen LogP contribution in [0.2, 0.25) is 0 Å². The molecule has 1 aromatic rings. The number of nitrogens with one attached hydrogen (secondary N) is 1. The van der Waals surface area contributed by atoms with Crippen LogP contribution in [0.4, 0.5) is 5.69 Å². The van der Waals surface area contributed by atoms with Crippen molar-refractivity contribution in [1.82, 2.24) is 0 Å². The maximum absolute atomic E-state index is 11.4. The van der Waals surface area contributed by atoms with Gasteiger partial charge >= 0.3 is 0 Å². The fraction of sp³-hybridized carbons (Fsp3) is 0.455. The number of para-hydroxylation sites is 1. The summed E-state index contributed by atoms with van der Waals surface area (Å²) in [7, 11) is -3.69. The van der Waals surface area contributed by atoms with Crippen LogP contribution in [0.15, 0.2) is 29.2 Å². The van der Waals surface area contributed by atoms with Crippen molar-refractivity contribution in [1.29, 1.82) is 0 Å². The topological polar surface area (TPSA) is 98.2 Å². The van der Waals surface area contributed by atoms with E-state index in [0.29, 0.717) is 18.2 Å². The van der Waals surface area contributed by atoms with Crippen LogP contribution >= 0.6 is 0 Å². The lowest BCUT2D eigenvalue weighted by Gasteiger charge is -2.14. The molecule has 1 aliphatic rings. The second-order valence-corrected chi connectivity index (χ2v) is 5.95. The summed E-state index contributed by atoms with van der Waals surface area (Å²) >= 11 is 0. The molecule has 1 unspecified atom stereocenters. The lowest BCUT2D eigenvalue weighted by Crippen LogP contribution is -2.31. The largest absolute Gasteiger partial charge is 0.382 e. The molecule has 5 N–H and O–H groups in total. The van der Waals surface area contributed by atoms with Crippen LogP contribution in [-0.4, -0.2) is 21.0 Å². The Morgan fingerprint density at radius 2 is 2.00 bits per heavy atom. The van der Waals surface area contributed by atoms with Gasteiger partial charge in [-0.2, -0.15) is 0 Å². The zero-order valence-corrected chi connectivity index (χ0v) is 10.3. The third kappa shape index (κ3) is 3.18. The number of benzene rings is 1. The van der Waals surface area contributed by atoms with E-state index in [1.807, 2.05) is 0 Å². The van der Waals surface area contributed by atoms with Crippen LogP contribution in [0.25, 0.3) is 0 Å². The average molecular weight is 255 g/mol. The summed E-state index contributed by atoms with van der Waals surface area (Å²) in [6, 6.07) is 6.66. The quantitative estimate of drug-likeness (QED) is 0.713. The van der Waals surface area contributed by atoms with Gasteiger partial charge in [-0.05, 0) is 30.9 Å². The molecule has 2 rings (SSSR count). The number of hydrogen-bond acceptors (Lipinski definition) is 4. The van der Waals surface area contributed by atoms with E-state index in [9.17, 15) is 8.42 Å². The molecule has 0 amide bonds. The number of nitrogens with two attached hydrogens (primary N) is 2. The lowest BCUT2D eigenvalue weighted by molar-refractivity contribution is 0.597. The van der Waals surface area contributed by atoms with Crippen molar-refractivity contribution in [2.45, 2.75) is 23.8 Å². The summed E-state index contributed by atoms with van der Waals surface area (Å²) < 4.78 is 22.7. The molecular formula is C11H17N3O2S. The summed E-state index contributed by atoms with van der Waals surface area (Å²) in [5.41, 5.74) is 6.46. The van der Waals surface area contributed by atoms with E-state index in [1.165, 1.54) is 18.9 Å². The van der Waals surface area contributed by atoms with Gasteiger partial charge in [0.2, 0.25) is 10.0 Å². The zero-order valence-electron chi connectivity index (χ0n) is 9.46. The van der Waals surface area contributed by atoms with E-state index in [-0.39, 0.29) is 10.9 Å². The van der Waals surface area contributed by atoms with E-state index in [1.54, 1.807) is 18.2 Å².